The van der Waals surface area contributed by atoms with E-state index in [-0.39, 0.29) is 18.1 Å². The van der Waals surface area contributed by atoms with E-state index in [1.165, 1.54) is 0 Å². The van der Waals surface area contributed by atoms with Gasteiger partial charge in [0.25, 0.3) is 5.91 Å². The predicted octanol–water partition coefficient (Wildman–Crippen LogP) is 1.33. The van der Waals surface area contributed by atoms with E-state index < -0.39 is 0 Å². The molecule has 5 nitrogen and oxygen atoms in total. The van der Waals surface area contributed by atoms with E-state index in [1.807, 2.05) is 0 Å². The van der Waals surface area contributed by atoms with Gasteiger partial charge in [0, 0.05) is 33.5 Å². The zero-order chi connectivity index (χ0) is 13.1. The second-order valence-corrected chi connectivity index (χ2v) is 4.94. The Kier molecular flexibility index (Phi) is 4.31. The molecule has 2 rings (SSSR count). The Morgan fingerprint density at radius 1 is 1.33 bits per heavy atom. The van der Waals surface area contributed by atoms with E-state index >= 15 is 0 Å². The summed E-state index contributed by atoms with van der Waals surface area (Å²) in [4.78, 5) is 18.0. The summed E-state index contributed by atoms with van der Waals surface area (Å²) in [5.74, 6) is -0.0448. The van der Waals surface area contributed by atoms with Gasteiger partial charge in [0.2, 0.25) is 0 Å². The smallest absolute Gasteiger partial charge is 0.255 e. The number of carbonyl (C=O) groups is 1. The number of hydrogen-bond acceptors (Lipinski definition) is 4. The number of methoxy groups -OCH3 is 2. The highest BCUT2D eigenvalue weighted by molar-refractivity contribution is 9.10. The number of halogens is 1. The van der Waals surface area contributed by atoms with E-state index in [0.717, 1.165) is 0 Å². The fourth-order valence-electron chi connectivity index (χ4n) is 2.05. The Bertz CT molecular complexity index is 412. The van der Waals surface area contributed by atoms with Crippen molar-refractivity contribution in [2.75, 3.05) is 27.3 Å². The molecule has 0 radical (unpaired) electrons. The summed E-state index contributed by atoms with van der Waals surface area (Å²) in [5.41, 5.74) is 0.574. The SMILES string of the molecule is COC1CN(C(=O)c2ccc(Br)nc2)CC1OC. The minimum atomic E-state index is -0.0673. The summed E-state index contributed by atoms with van der Waals surface area (Å²) in [7, 11) is 3.26. The fourth-order valence-corrected chi connectivity index (χ4v) is 2.28. The highest BCUT2D eigenvalue weighted by atomic mass is 79.9. The normalized spacial score (nSPS) is 23.4. The molecule has 2 heterocycles. The topological polar surface area (TPSA) is 51.7 Å². The van der Waals surface area contributed by atoms with Gasteiger partial charge in [-0.3, -0.25) is 4.79 Å². The molecule has 0 aromatic carbocycles. The Morgan fingerprint density at radius 3 is 2.39 bits per heavy atom. The van der Waals surface area contributed by atoms with Crippen LogP contribution in [0.4, 0.5) is 0 Å². The van der Waals surface area contributed by atoms with Crippen molar-refractivity contribution in [3.05, 3.63) is 28.5 Å². The lowest BCUT2D eigenvalue weighted by Crippen LogP contribution is -2.30. The molecule has 1 aromatic rings. The minimum Gasteiger partial charge on any atom is -0.377 e. The number of aromatic nitrogens is 1. The maximum atomic E-state index is 12.2. The molecule has 0 bridgehead atoms. The molecule has 0 saturated carbocycles. The number of rotatable bonds is 3. The van der Waals surface area contributed by atoms with Gasteiger partial charge in [0.05, 0.1) is 5.56 Å². The highest BCUT2D eigenvalue weighted by Gasteiger charge is 2.35. The fraction of sp³-hybridized carbons (Fsp3) is 0.500. The van der Waals surface area contributed by atoms with Crippen LogP contribution in [-0.4, -0.2) is 55.3 Å². The zero-order valence-corrected chi connectivity index (χ0v) is 11.9. The molecule has 0 aliphatic carbocycles. The summed E-state index contributed by atoms with van der Waals surface area (Å²) < 4.78 is 11.3. The van der Waals surface area contributed by atoms with Crippen molar-refractivity contribution in [3.8, 4) is 0 Å². The van der Waals surface area contributed by atoms with E-state index in [2.05, 4.69) is 20.9 Å². The highest BCUT2D eigenvalue weighted by Crippen LogP contribution is 2.18. The van der Waals surface area contributed by atoms with E-state index in [4.69, 9.17) is 9.47 Å². The number of amides is 1. The first-order valence-electron chi connectivity index (χ1n) is 5.62. The molecular weight excluding hydrogens is 300 g/mol. The Morgan fingerprint density at radius 2 is 1.94 bits per heavy atom. The Balaban J connectivity index is 2.09. The number of ether oxygens (including phenoxy) is 2. The van der Waals surface area contributed by atoms with Gasteiger partial charge in [-0.05, 0) is 28.1 Å². The van der Waals surface area contributed by atoms with Crippen LogP contribution in [0, 0.1) is 0 Å². The minimum absolute atomic E-state index is 0.0448. The van der Waals surface area contributed by atoms with Crippen LogP contribution in [-0.2, 0) is 9.47 Å². The molecule has 0 spiro atoms. The monoisotopic (exact) mass is 314 g/mol. The molecule has 0 N–H and O–H groups in total. The van der Waals surface area contributed by atoms with Crippen LogP contribution in [0.15, 0.2) is 22.9 Å². The molecule has 6 heteroatoms. The largest absolute Gasteiger partial charge is 0.377 e. The van der Waals surface area contributed by atoms with E-state index in [1.54, 1.807) is 37.4 Å². The molecule has 98 valence electrons. The van der Waals surface area contributed by atoms with Gasteiger partial charge in [-0.15, -0.1) is 0 Å². The molecule has 1 aliphatic heterocycles. The number of nitrogens with zero attached hydrogens (tertiary/aromatic N) is 2. The predicted molar refractivity (Wildman–Crippen MR) is 69.4 cm³/mol. The third-order valence-electron chi connectivity index (χ3n) is 3.08. The van der Waals surface area contributed by atoms with Gasteiger partial charge in [-0.2, -0.15) is 0 Å². The molecule has 2 unspecified atom stereocenters. The molecule has 1 fully saturated rings. The van der Waals surface area contributed by atoms with Gasteiger partial charge in [-0.1, -0.05) is 0 Å². The first kappa shape index (κ1) is 13.5. The average Bonchev–Trinajstić information content (AvgIpc) is 2.82. The number of pyridine rings is 1. The lowest BCUT2D eigenvalue weighted by molar-refractivity contribution is -0.00461. The van der Waals surface area contributed by atoms with Crippen molar-refractivity contribution in [1.29, 1.82) is 0 Å². The maximum absolute atomic E-state index is 12.2. The lowest BCUT2D eigenvalue weighted by atomic mass is 10.2. The second kappa shape index (κ2) is 5.77. The van der Waals surface area contributed by atoms with E-state index in [0.29, 0.717) is 23.3 Å². The van der Waals surface area contributed by atoms with Crippen LogP contribution in [0.25, 0.3) is 0 Å². The summed E-state index contributed by atoms with van der Waals surface area (Å²) >= 11 is 3.24. The lowest BCUT2D eigenvalue weighted by Gasteiger charge is -2.15. The van der Waals surface area contributed by atoms with Gasteiger partial charge in [0.1, 0.15) is 16.8 Å². The molecule has 1 aromatic heterocycles. The quantitative estimate of drug-likeness (QED) is 0.790. The van der Waals surface area contributed by atoms with Crippen molar-refractivity contribution in [3.63, 3.8) is 0 Å². The maximum Gasteiger partial charge on any atom is 0.255 e. The second-order valence-electron chi connectivity index (χ2n) is 4.13. The van der Waals surface area contributed by atoms with Crippen LogP contribution in [0.3, 0.4) is 0 Å². The van der Waals surface area contributed by atoms with Crippen molar-refractivity contribution in [1.82, 2.24) is 9.88 Å². The first-order chi connectivity index (χ1) is 8.65. The summed E-state index contributed by atoms with van der Waals surface area (Å²) in [5, 5.41) is 0. The molecule has 2 atom stereocenters. The molecule has 1 amide bonds. The van der Waals surface area contributed by atoms with Gasteiger partial charge < -0.3 is 14.4 Å². The average molecular weight is 315 g/mol. The van der Waals surface area contributed by atoms with Gasteiger partial charge in [0.15, 0.2) is 0 Å². The Hall–Kier alpha value is -0.980. The summed E-state index contributed by atoms with van der Waals surface area (Å²) in [6, 6.07) is 3.51. The molecular formula is C12H15BrN2O3. The van der Waals surface area contributed by atoms with Gasteiger partial charge in [-0.25, -0.2) is 4.98 Å². The third-order valence-corrected chi connectivity index (χ3v) is 3.55. The Labute approximate surface area is 114 Å². The third kappa shape index (κ3) is 2.71. The van der Waals surface area contributed by atoms with Gasteiger partial charge >= 0.3 is 0 Å². The van der Waals surface area contributed by atoms with Crippen molar-refractivity contribution in [2.24, 2.45) is 0 Å². The standard InChI is InChI=1S/C12H15BrN2O3/c1-17-9-6-15(7-10(9)18-2)12(16)8-3-4-11(13)14-5-8/h3-5,9-10H,6-7H2,1-2H3. The number of carbonyl (C=O) groups excluding carboxylic acids is 1. The van der Waals surface area contributed by atoms with Crippen LogP contribution in [0.1, 0.15) is 10.4 Å². The van der Waals surface area contributed by atoms with Crippen molar-refractivity contribution in [2.45, 2.75) is 12.2 Å². The van der Waals surface area contributed by atoms with E-state index in [9.17, 15) is 4.79 Å². The van der Waals surface area contributed by atoms with Crippen LogP contribution < -0.4 is 0 Å². The van der Waals surface area contributed by atoms with Crippen LogP contribution >= 0.6 is 15.9 Å². The first-order valence-corrected chi connectivity index (χ1v) is 6.41. The molecule has 18 heavy (non-hydrogen) atoms. The number of likely N-dealkylation sites (tertiary alicyclic amines) is 1. The number of hydrogen-bond donors (Lipinski definition) is 0. The summed E-state index contributed by atoms with van der Waals surface area (Å²) in [6.07, 6.45) is 1.43. The molecule has 1 aliphatic rings. The van der Waals surface area contributed by atoms with Crippen LogP contribution in [0.5, 0.6) is 0 Å². The van der Waals surface area contributed by atoms with Crippen LogP contribution in [0.2, 0.25) is 0 Å². The zero-order valence-electron chi connectivity index (χ0n) is 10.3. The van der Waals surface area contributed by atoms with Crippen molar-refractivity contribution >= 4 is 21.8 Å². The molecule has 1 saturated heterocycles. The summed E-state index contributed by atoms with van der Waals surface area (Å²) in [6.45, 7) is 1.09. The van der Waals surface area contributed by atoms with Crippen molar-refractivity contribution < 1.29 is 14.3 Å².